The van der Waals surface area contributed by atoms with Crippen molar-refractivity contribution < 1.29 is 27.9 Å². The normalized spacial score (nSPS) is 19.2. The minimum absolute atomic E-state index is 0.0261. The van der Waals surface area contributed by atoms with Crippen LogP contribution in [0, 0.1) is 0 Å². The number of carbonyl (C=O) groups excluding carboxylic acids is 1. The van der Waals surface area contributed by atoms with Gasteiger partial charge in [-0.3, -0.25) is 4.79 Å². The molecule has 1 aliphatic heterocycles. The number of hydrogen-bond donors (Lipinski definition) is 2. The molecular weight excluding hydrogens is 348 g/mol. The fraction of sp³-hybridized carbons (Fsp3) is 0.385. The van der Waals surface area contributed by atoms with Crippen LogP contribution in [0.1, 0.15) is 6.92 Å². The van der Waals surface area contributed by atoms with E-state index in [0.717, 1.165) is 4.31 Å². The van der Waals surface area contributed by atoms with E-state index in [1.54, 1.807) is 6.92 Å². The highest BCUT2D eigenvalue weighted by Gasteiger charge is 2.32. The van der Waals surface area contributed by atoms with E-state index < -0.39 is 22.6 Å². The molecule has 1 saturated heterocycles. The third kappa shape index (κ3) is 4.12. The van der Waals surface area contributed by atoms with Gasteiger partial charge in [0.05, 0.1) is 16.5 Å². The minimum atomic E-state index is -3.88. The number of ether oxygens (including phenoxy) is 1. The van der Waals surface area contributed by atoms with Gasteiger partial charge >= 0.3 is 5.97 Å². The fourth-order valence-electron chi connectivity index (χ4n) is 2.13. The van der Waals surface area contributed by atoms with Gasteiger partial charge in [0.25, 0.3) is 0 Å². The minimum Gasteiger partial charge on any atom is -0.480 e. The summed E-state index contributed by atoms with van der Waals surface area (Å²) in [7, 11) is -3.88. The van der Waals surface area contributed by atoms with Crippen LogP contribution in [-0.4, -0.2) is 55.4 Å². The monoisotopic (exact) mass is 362 g/mol. The van der Waals surface area contributed by atoms with E-state index in [-0.39, 0.29) is 40.7 Å². The first-order valence-corrected chi connectivity index (χ1v) is 8.45. The van der Waals surface area contributed by atoms with Crippen LogP contribution in [0.25, 0.3) is 0 Å². The molecule has 1 unspecified atom stereocenters. The molecule has 0 aromatic heterocycles. The smallest absolute Gasteiger partial charge is 0.341 e. The number of benzene rings is 1. The van der Waals surface area contributed by atoms with Crippen molar-refractivity contribution in [2.75, 3.05) is 19.7 Å². The molecule has 0 aliphatic carbocycles. The number of carboxylic acids is 1. The van der Waals surface area contributed by atoms with Gasteiger partial charge in [-0.05, 0) is 25.1 Å². The predicted molar refractivity (Wildman–Crippen MR) is 80.9 cm³/mol. The first-order valence-electron chi connectivity index (χ1n) is 6.64. The molecule has 1 amide bonds. The molecule has 1 heterocycles. The van der Waals surface area contributed by atoms with Crippen LogP contribution >= 0.6 is 11.6 Å². The van der Waals surface area contributed by atoms with Gasteiger partial charge in [-0.1, -0.05) is 11.6 Å². The van der Waals surface area contributed by atoms with Crippen molar-refractivity contribution >= 4 is 33.5 Å². The molecule has 0 bridgehead atoms. The topological polar surface area (TPSA) is 113 Å². The Labute approximate surface area is 138 Å². The van der Waals surface area contributed by atoms with E-state index in [0.29, 0.717) is 0 Å². The van der Waals surface area contributed by atoms with E-state index >= 15 is 0 Å². The predicted octanol–water partition coefficient (Wildman–Crippen LogP) is 0.312. The summed E-state index contributed by atoms with van der Waals surface area (Å²) in [6.07, 6.45) is 0. The first-order chi connectivity index (χ1) is 10.7. The molecule has 126 valence electrons. The lowest BCUT2D eigenvalue weighted by Crippen LogP contribution is -2.54. The van der Waals surface area contributed by atoms with Gasteiger partial charge < -0.3 is 15.2 Å². The molecule has 8 nitrogen and oxygen atoms in total. The van der Waals surface area contributed by atoms with E-state index in [2.05, 4.69) is 5.32 Å². The number of halogens is 1. The quantitative estimate of drug-likeness (QED) is 0.779. The molecule has 0 spiro atoms. The standard InChI is InChI=1S/C13H15ClN2O6S/c1-8-5-16(6-12(17)15-8)23(20,21)9-2-3-11(10(14)4-9)22-7-13(18)19/h2-4,8H,5-7H2,1H3,(H,15,17)(H,18,19). The summed E-state index contributed by atoms with van der Waals surface area (Å²) in [5.74, 6) is -1.48. The lowest BCUT2D eigenvalue weighted by molar-refractivity contribution is -0.139. The number of nitrogens with one attached hydrogen (secondary N) is 1. The van der Waals surface area contributed by atoms with Crippen molar-refractivity contribution in [1.82, 2.24) is 9.62 Å². The number of carboxylic acid groups (broad SMARTS) is 1. The second kappa shape index (κ2) is 6.73. The number of aliphatic carboxylic acids is 1. The zero-order valence-corrected chi connectivity index (χ0v) is 13.7. The zero-order valence-electron chi connectivity index (χ0n) is 12.2. The second-order valence-electron chi connectivity index (χ2n) is 5.04. The average molecular weight is 363 g/mol. The van der Waals surface area contributed by atoms with Crippen LogP contribution in [0.5, 0.6) is 5.75 Å². The average Bonchev–Trinajstić information content (AvgIpc) is 2.44. The zero-order chi connectivity index (χ0) is 17.2. The van der Waals surface area contributed by atoms with Crippen LogP contribution in [0.3, 0.4) is 0 Å². The Hall–Kier alpha value is -1.84. The Morgan fingerprint density at radius 3 is 2.78 bits per heavy atom. The van der Waals surface area contributed by atoms with Crippen molar-refractivity contribution in [2.24, 2.45) is 0 Å². The molecule has 1 atom stereocenters. The van der Waals surface area contributed by atoms with E-state index in [4.69, 9.17) is 21.4 Å². The Balaban J connectivity index is 2.24. The Kier molecular flexibility index (Phi) is 5.12. The molecule has 1 aromatic rings. The van der Waals surface area contributed by atoms with Crippen molar-refractivity contribution in [2.45, 2.75) is 17.9 Å². The summed E-state index contributed by atoms with van der Waals surface area (Å²) in [5, 5.41) is 11.2. The fourth-order valence-corrected chi connectivity index (χ4v) is 3.94. The highest BCUT2D eigenvalue weighted by atomic mass is 35.5. The van der Waals surface area contributed by atoms with Gasteiger partial charge in [-0.15, -0.1) is 0 Å². The highest BCUT2D eigenvalue weighted by molar-refractivity contribution is 7.89. The number of hydrogen-bond acceptors (Lipinski definition) is 5. The number of nitrogens with zero attached hydrogens (tertiary/aromatic N) is 1. The van der Waals surface area contributed by atoms with Crippen molar-refractivity contribution in [3.8, 4) is 5.75 Å². The highest BCUT2D eigenvalue weighted by Crippen LogP contribution is 2.29. The molecule has 23 heavy (non-hydrogen) atoms. The molecule has 10 heteroatoms. The first kappa shape index (κ1) is 17.5. The van der Waals surface area contributed by atoms with Crippen molar-refractivity contribution in [3.63, 3.8) is 0 Å². The number of sulfonamides is 1. The van der Waals surface area contributed by atoms with Crippen LogP contribution < -0.4 is 10.1 Å². The Morgan fingerprint density at radius 1 is 1.52 bits per heavy atom. The molecule has 1 fully saturated rings. The van der Waals surface area contributed by atoms with Crippen LogP contribution in [0.2, 0.25) is 5.02 Å². The largest absolute Gasteiger partial charge is 0.480 e. The van der Waals surface area contributed by atoms with Crippen molar-refractivity contribution in [3.05, 3.63) is 23.2 Å². The SMILES string of the molecule is CC1CN(S(=O)(=O)c2ccc(OCC(=O)O)c(Cl)c2)CC(=O)N1. The maximum atomic E-state index is 12.6. The Morgan fingerprint density at radius 2 is 2.22 bits per heavy atom. The molecule has 0 saturated carbocycles. The van der Waals surface area contributed by atoms with Gasteiger partial charge in [-0.2, -0.15) is 4.31 Å². The second-order valence-corrected chi connectivity index (χ2v) is 7.39. The summed E-state index contributed by atoms with van der Waals surface area (Å²) < 4.78 is 31.1. The molecule has 0 radical (unpaired) electrons. The summed E-state index contributed by atoms with van der Waals surface area (Å²) in [6.45, 7) is 1.01. The summed E-state index contributed by atoms with van der Waals surface area (Å²) in [4.78, 5) is 21.9. The molecule has 2 N–H and O–H groups in total. The summed E-state index contributed by atoms with van der Waals surface area (Å²) >= 11 is 5.93. The molecular formula is C13H15ClN2O6S. The van der Waals surface area contributed by atoms with Gasteiger partial charge in [0.1, 0.15) is 5.75 Å². The maximum Gasteiger partial charge on any atom is 0.341 e. The van der Waals surface area contributed by atoms with Gasteiger partial charge in [0.15, 0.2) is 6.61 Å². The number of amides is 1. The van der Waals surface area contributed by atoms with Crippen LogP contribution in [-0.2, 0) is 19.6 Å². The molecule has 1 aromatic carbocycles. The number of rotatable bonds is 5. The Bertz CT molecular complexity index is 736. The third-order valence-electron chi connectivity index (χ3n) is 3.10. The van der Waals surface area contributed by atoms with Gasteiger partial charge in [-0.25, -0.2) is 13.2 Å². The van der Waals surface area contributed by atoms with Crippen LogP contribution in [0.15, 0.2) is 23.1 Å². The van der Waals surface area contributed by atoms with Crippen molar-refractivity contribution in [1.29, 1.82) is 0 Å². The van der Waals surface area contributed by atoms with Crippen LogP contribution in [0.4, 0.5) is 0 Å². The molecule has 2 rings (SSSR count). The lowest BCUT2D eigenvalue weighted by atomic mass is 10.3. The van der Waals surface area contributed by atoms with E-state index in [1.807, 2.05) is 0 Å². The lowest BCUT2D eigenvalue weighted by Gasteiger charge is -2.30. The number of piperazine rings is 1. The molecule has 1 aliphatic rings. The maximum absolute atomic E-state index is 12.6. The van der Waals surface area contributed by atoms with Gasteiger partial charge in [0.2, 0.25) is 15.9 Å². The third-order valence-corrected chi connectivity index (χ3v) is 5.20. The van der Waals surface area contributed by atoms with E-state index in [9.17, 15) is 18.0 Å². The summed E-state index contributed by atoms with van der Waals surface area (Å²) in [6, 6.07) is 3.42. The van der Waals surface area contributed by atoms with E-state index in [1.165, 1.54) is 18.2 Å². The summed E-state index contributed by atoms with van der Waals surface area (Å²) in [5.41, 5.74) is 0. The van der Waals surface area contributed by atoms with Gasteiger partial charge in [0, 0.05) is 12.6 Å². The number of carbonyl (C=O) groups is 2.